The van der Waals surface area contributed by atoms with E-state index in [-0.39, 0.29) is 0 Å². The van der Waals surface area contributed by atoms with Crippen molar-refractivity contribution in [1.29, 1.82) is 0 Å². The fourth-order valence-corrected chi connectivity index (χ4v) is 3.61. The fourth-order valence-electron chi connectivity index (χ4n) is 3.61. The average molecular weight is 259 g/mol. The maximum absolute atomic E-state index is 5.99. The van der Waals surface area contributed by atoms with Gasteiger partial charge in [0.1, 0.15) is 5.82 Å². The minimum atomic E-state index is 0.398. The number of aryl methyl sites for hydroxylation is 1. The lowest BCUT2D eigenvalue weighted by Crippen LogP contribution is -2.26. The van der Waals surface area contributed by atoms with Crippen molar-refractivity contribution in [2.45, 2.75) is 76.2 Å². The normalized spacial score (nSPS) is 28.7. The molecule has 3 heteroatoms. The zero-order chi connectivity index (χ0) is 13.2. The molecule has 0 radical (unpaired) electrons. The quantitative estimate of drug-likeness (QED) is 0.885. The number of hydrogen-bond acceptors (Lipinski definition) is 3. The Hall–Kier alpha value is -0.960. The van der Waals surface area contributed by atoms with E-state index >= 15 is 0 Å². The van der Waals surface area contributed by atoms with Crippen molar-refractivity contribution in [3.63, 3.8) is 0 Å². The fraction of sp³-hybridized carbons (Fsp3) is 0.750. The Morgan fingerprint density at radius 2 is 1.63 bits per heavy atom. The van der Waals surface area contributed by atoms with E-state index in [0.29, 0.717) is 17.9 Å². The van der Waals surface area contributed by atoms with Gasteiger partial charge in [-0.25, -0.2) is 9.97 Å². The van der Waals surface area contributed by atoms with Gasteiger partial charge in [0.2, 0.25) is 0 Å². The van der Waals surface area contributed by atoms with Crippen LogP contribution in [-0.4, -0.2) is 16.0 Å². The molecule has 2 N–H and O–H groups in total. The van der Waals surface area contributed by atoms with Gasteiger partial charge < -0.3 is 5.73 Å². The molecule has 0 aliphatic heterocycles. The van der Waals surface area contributed by atoms with Crippen LogP contribution in [0.1, 0.15) is 80.4 Å². The van der Waals surface area contributed by atoms with Gasteiger partial charge >= 0.3 is 0 Å². The molecule has 0 bridgehead atoms. The molecule has 0 unspecified atom stereocenters. The highest BCUT2D eigenvalue weighted by atomic mass is 14.9. The van der Waals surface area contributed by atoms with Gasteiger partial charge in [-0.1, -0.05) is 12.8 Å². The molecular weight excluding hydrogens is 234 g/mol. The highest BCUT2D eigenvalue weighted by molar-refractivity contribution is 5.17. The van der Waals surface area contributed by atoms with E-state index in [1.807, 2.05) is 0 Å². The molecule has 1 heterocycles. The Morgan fingerprint density at radius 1 is 0.947 bits per heavy atom. The summed E-state index contributed by atoms with van der Waals surface area (Å²) in [6.45, 7) is 2.11. The first-order valence-electron chi connectivity index (χ1n) is 7.83. The molecule has 3 nitrogen and oxygen atoms in total. The lowest BCUT2D eigenvalue weighted by molar-refractivity contribution is 0.383. The first-order valence-corrected chi connectivity index (χ1v) is 7.83. The largest absolute Gasteiger partial charge is 0.328 e. The van der Waals surface area contributed by atoms with Crippen molar-refractivity contribution in [1.82, 2.24) is 9.97 Å². The summed E-state index contributed by atoms with van der Waals surface area (Å²) in [7, 11) is 0. The van der Waals surface area contributed by atoms with E-state index in [4.69, 9.17) is 15.7 Å². The molecule has 0 aromatic carbocycles. The summed E-state index contributed by atoms with van der Waals surface area (Å²) in [5.41, 5.74) is 8.43. The van der Waals surface area contributed by atoms with Gasteiger partial charge in [0.15, 0.2) is 0 Å². The van der Waals surface area contributed by atoms with Crippen molar-refractivity contribution in [3.05, 3.63) is 23.3 Å². The molecule has 3 rings (SSSR count). The highest BCUT2D eigenvalue weighted by Gasteiger charge is 2.25. The Labute approximate surface area is 116 Å². The molecule has 0 atom stereocenters. The molecule has 104 valence electrons. The Kier molecular flexibility index (Phi) is 3.83. The summed E-state index contributed by atoms with van der Waals surface area (Å²) in [5.74, 6) is 2.32. The molecule has 0 spiro atoms. The summed E-state index contributed by atoms with van der Waals surface area (Å²) >= 11 is 0. The van der Waals surface area contributed by atoms with Gasteiger partial charge in [-0.05, 0) is 51.5 Å². The maximum atomic E-state index is 5.99. The van der Waals surface area contributed by atoms with Crippen LogP contribution in [0.15, 0.2) is 6.07 Å². The summed E-state index contributed by atoms with van der Waals surface area (Å²) in [4.78, 5) is 9.61. The Balaban J connectivity index is 1.80. The molecule has 0 amide bonds. The average Bonchev–Trinajstić information content (AvgIpc) is 2.93. The summed E-state index contributed by atoms with van der Waals surface area (Å²) in [6.07, 6.45) is 9.92. The van der Waals surface area contributed by atoms with Crippen LogP contribution in [0.4, 0.5) is 0 Å². The molecule has 1 aromatic heterocycles. The van der Waals surface area contributed by atoms with Gasteiger partial charge in [0.05, 0.1) is 0 Å². The van der Waals surface area contributed by atoms with Gasteiger partial charge in [0.25, 0.3) is 0 Å². The molecule has 2 saturated carbocycles. The number of nitrogens with zero attached hydrogens (tertiary/aromatic N) is 2. The minimum Gasteiger partial charge on any atom is -0.328 e. The zero-order valence-corrected chi connectivity index (χ0v) is 11.9. The zero-order valence-electron chi connectivity index (χ0n) is 11.9. The van der Waals surface area contributed by atoms with Crippen molar-refractivity contribution in [3.8, 4) is 0 Å². The summed E-state index contributed by atoms with van der Waals surface area (Å²) < 4.78 is 0. The van der Waals surface area contributed by atoms with Gasteiger partial charge in [-0.15, -0.1) is 0 Å². The van der Waals surface area contributed by atoms with Gasteiger partial charge in [0, 0.05) is 29.3 Å². The molecule has 1 aromatic rings. The van der Waals surface area contributed by atoms with E-state index in [2.05, 4.69) is 13.0 Å². The van der Waals surface area contributed by atoms with Crippen LogP contribution in [0, 0.1) is 6.92 Å². The Morgan fingerprint density at radius 3 is 2.32 bits per heavy atom. The monoisotopic (exact) mass is 259 g/mol. The molecular formula is C16H25N3. The predicted molar refractivity (Wildman–Crippen MR) is 77.2 cm³/mol. The lowest BCUT2D eigenvalue weighted by atomic mass is 9.85. The number of rotatable bonds is 2. The molecule has 19 heavy (non-hydrogen) atoms. The van der Waals surface area contributed by atoms with Crippen molar-refractivity contribution in [2.75, 3.05) is 0 Å². The number of nitrogens with two attached hydrogens (primary N) is 1. The van der Waals surface area contributed by atoms with E-state index in [9.17, 15) is 0 Å². The van der Waals surface area contributed by atoms with Gasteiger partial charge in [-0.3, -0.25) is 0 Å². The molecule has 0 saturated heterocycles. The molecule has 2 aliphatic rings. The predicted octanol–water partition coefficient (Wildman–Crippen LogP) is 3.43. The van der Waals surface area contributed by atoms with E-state index < -0.39 is 0 Å². The van der Waals surface area contributed by atoms with Crippen LogP contribution in [-0.2, 0) is 0 Å². The summed E-state index contributed by atoms with van der Waals surface area (Å²) in [5, 5.41) is 0. The second-order valence-electron chi connectivity index (χ2n) is 6.39. The standard InChI is InChI=1S/C16H25N3/c1-11-10-15(12-4-2-3-5-12)19-16(18-11)13-6-8-14(17)9-7-13/h10,12-14H,2-9,17H2,1H3. The number of hydrogen-bond donors (Lipinski definition) is 1. The van der Waals surface area contributed by atoms with Crippen LogP contribution in [0.2, 0.25) is 0 Å². The minimum absolute atomic E-state index is 0.398. The first kappa shape index (κ1) is 13.0. The van der Waals surface area contributed by atoms with Crippen LogP contribution in [0.25, 0.3) is 0 Å². The van der Waals surface area contributed by atoms with E-state index in [0.717, 1.165) is 37.2 Å². The second kappa shape index (κ2) is 5.58. The third-order valence-corrected chi connectivity index (χ3v) is 4.80. The van der Waals surface area contributed by atoms with E-state index in [1.165, 1.54) is 31.4 Å². The SMILES string of the molecule is Cc1cc(C2CCCC2)nc(C2CCC(N)CC2)n1. The van der Waals surface area contributed by atoms with Crippen LogP contribution in [0.5, 0.6) is 0 Å². The van der Waals surface area contributed by atoms with Crippen molar-refractivity contribution < 1.29 is 0 Å². The highest BCUT2D eigenvalue weighted by Crippen LogP contribution is 2.35. The molecule has 2 fully saturated rings. The smallest absolute Gasteiger partial charge is 0.131 e. The van der Waals surface area contributed by atoms with Crippen molar-refractivity contribution >= 4 is 0 Å². The summed E-state index contributed by atoms with van der Waals surface area (Å²) in [6, 6.07) is 2.60. The molecule has 2 aliphatic carbocycles. The number of aromatic nitrogens is 2. The second-order valence-corrected chi connectivity index (χ2v) is 6.39. The van der Waals surface area contributed by atoms with Crippen LogP contribution in [0.3, 0.4) is 0 Å². The van der Waals surface area contributed by atoms with Crippen molar-refractivity contribution in [2.24, 2.45) is 5.73 Å². The first-order chi connectivity index (χ1) is 9.22. The third kappa shape index (κ3) is 2.97. The van der Waals surface area contributed by atoms with Crippen LogP contribution < -0.4 is 5.73 Å². The third-order valence-electron chi connectivity index (χ3n) is 4.80. The van der Waals surface area contributed by atoms with E-state index in [1.54, 1.807) is 0 Å². The van der Waals surface area contributed by atoms with Crippen LogP contribution >= 0.6 is 0 Å². The Bertz CT molecular complexity index is 430. The maximum Gasteiger partial charge on any atom is 0.131 e. The lowest BCUT2D eigenvalue weighted by Gasteiger charge is -2.25. The topological polar surface area (TPSA) is 51.8 Å². The van der Waals surface area contributed by atoms with Gasteiger partial charge in [-0.2, -0.15) is 0 Å².